The van der Waals surface area contributed by atoms with E-state index in [-0.39, 0.29) is 5.82 Å². The molecule has 1 aliphatic rings. The maximum Gasteiger partial charge on any atom is 0.124 e. The first-order valence-electron chi connectivity index (χ1n) is 8.47. The molecule has 3 rings (SSSR count). The maximum atomic E-state index is 13.4. The van der Waals surface area contributed by atoms with E-state index in [1.807, 2.05) is 6.07 Å². The summed E-state index contributed by atoms with van der Waals surface area (Å²) in [7, 11) is 0. The molecule has 0 amide bonds. The molecule has 1 saturated heterocycles. The Morgan fingerprint density at radius 1 is 1.22 bits per heavy atom. The van der Waals surface area contributed by atoms with Crippen molar-refractivity contribution in [1.29, 1.82) is 0 Å². The summed E-state index contributed by atoms with van der Waals surface area (Å²) in [5.41, 5.74) is 6.87. The molecule has 0 spiro atoms. The lowest BCUT2D eigenvalue weighted by atomic mass is 10.1. The third kappa shape index (κ3) is 3.52. The first-order valence-corrected chi connectivity index (χ1v) is 9.35. The van der Waals surface area contributed by atoms with Gasteiger partial charge in [-0.1, -0.05) is 0 Å². The number of thiophene rings is 1. The highest BCUT2D eigenvalue weighted by molar-refractivity contribution is 7.17. The van der Waals surface area contributed by atoms with Gasteiger partial charge < -0.3 is 10.6 Å². The molecule has 5 heteroatoms. The van der Waals surface area contributed by atoms with Gasteiger partial charge in [0.05, 0.1) is 5.69 Å². The highest BCUT2D eigenvalue weighted by Gasteiger charge is 2.29. The number of anilines is 1. The topological polar surface area (TPSA) is 32.5 Å². The predicted octanol–water partition coefficient (Wildman–Crippen LogP) is 3.68. The number of unbranched alkanes of at least 4 members (excludes halogenated alkanes) is 1. The van der Waals surface area contributed by atoms with Crippen molar-refractivity contribution in [1.82, 2.24) is 4.90 Å². The molecule has 2 N–H and O–H groups in total. The molecular formula is C18H26FN3S. The summed E-state index contributed by atoms with van der Waals surface area (Å²) in [5.74, 6) is -0.155. The zero-order valence-corrected chi connectivity index (χ0v) is 14.8. The Hall–Kier alpha value is -1.17. The Morgan fingerprint density at radius 2 is 1.96 bits per heavy atom. The normalized spacial score (nSPS) is 22.9. The van der Waals surface area contributed by atoms with Crippen molar-refractivity contribution in [3.05, 3.63) is 29.4 Å². The number of nitrogens with two attached hydrogens (primary N) is 1. The van der Waals surface area contributed by atoms with Crippen molar-refractivity contribution in [2.75, 3.05) is 31.1 Å². The largest absolute Gasteiger partial charge is 0.367 e. The number of hydrogen-bond acceptors (Lipinski definition) is 4. The Morgan fingerprint density at radius 3 is 2.65 bits per heavy atom. The molecule has 3 nitrogen and oxygen atoms in total. The molecule has 2 heterocycles. The van der Waals surface area contributed by atoms with Gasteiger partial charge in [-0.15, -0.1) is 11.3 Å². The summed E-state index contributed by atoms with van der Waals surface area (Å²) in [6.45, 7) is 8.56. The Bertz CT molecular complexity index is 645. The van der Waals surface area contributed by atoms with Crippen LogP contribution in [0.15, 0.2) is 23.6 Å². The first kappa shape index (κ1) is 16.7. The minimum Gasteiger partial charge on any atom is -0.367 e. The second kappa shape index (κ2) is 7.16. The van der Waals surface area contributed by atoms with E-state index in [4.69, 9.17) is 5.73 Å². The third-order valence-electron chi connectivity index (χ3n) is 4.83. The summed E-state index contributed by atoms with van der Waals surface area (Å²) in [5, 5.41) is 3.35. The van der Waals surface area contributed by atoms with Crippen molar-refractivity contribution >= 4 is 27.1 Å². The molecule has 23 heavy (non-hydrogen) atoms. The molecular weight excluding hydrogens is 309 g/mol. The molecule has 0 radical (unpaired) electrons. The molecule has 1 aromatic carbocycles. The SMILES string of the molecule is C[C@@H]1CN(c2csc3cc(F)ccc23)C[C@H](C)N1CCCCN. The summed E-state index contributed by atoms with van der Waals surface area (Å²) in [4.78, 5) is 5.06. The van der Waals surface area contributed by atoms with Crippen LogP contribution in [0.1, 0.15) is 26.7 Å². The van der Waals surface area contributed by atoms with Crippen LogP contribution in [0.2, 0.25) is 0 Å². The molecule has 1 aliphatic heterocycles. The zero-order chi connectivity index (χ0) is 16.4. The number of benzene rings is 1. The van der Waals surface area contributed by atoms with Gasteiger partial charge in [-0.05, 0) is 58.0 Å². The Kier molecular flexibility index (Phi) is 5.19. The number of rotatable bonds is 5. The van der Waals surface area contributed by atoms with E-state index in [2.05, 4.69) is 29.0 Å². The summed E-state index contributed by atoms with van der Waals surface area (Å²) in [6, 6.07) is 6.16. The Balaban J connectivity index is 1.75. The van der Waals surface area contributed by atoms with Crippen LogP contribution < -0.4 is 10.6 Å². The Labute approximate surface area is 141 Å². The summed E-state index contributed by atoms with van der Waals surface area (Å²) < 4.78 is 14.4. The molecule has 1 aromatic heterocycles. The number of fused-ring (bicyclic) bond motifs is 1. The predicted molar refractivity (Wildman–Crippen MR) is 97.9 cm³/mol. The highest BCUT2D eigenvalue weighted by Crippen LogP contribution is 2.35. The lowest BCUT2D eigenvalue weighted by molar-refractivity contribution is 0.130. The van der Waals surface area contributed by atoms with Crippen molar-refractivity contribution in [3.8, 4) is 0 Å². The lowest BCUT2D eigenvalue weighted by Gasteiger charge is -2.45. The van der Waals surface area contributed by atoms with E-state index in [9.17, 15) is 4.39 Å². The number of piperazine rings is 1. The molecule has 0 aliphatic carbocycles. The number of hydrogen-bond donors (Lipinski definition) is 1. The number of nitrogens with zero attached hydrogens (tertiary/aromatic N) is 2. The molecule has 2 aromatic rings. The average molecular weight is 335 g/mol. The van der Waals surface area contributed by atoms with E-state index in [1.165, 1.54) is 17.5 Å². The van der Waals surface area contributed by atoms with Crippen LogP contribution >= 0.6 is 11.3 Å². The van der Waals surface area contributed by atoms with Crippen molar-refractivity contribution in [2.24, 2.45) is 5.73 Å². The van der Waals surface area contributed by atoms with E-state index < -0.39 is 0 Å². The second-order valence-electron chi connectivity index (χ2n) is 6.60. The average Bonchev–Trinajstić information content (AvgIpc) is 2.92. The molecule has 2 atom stereocenters. The van der Waals surface area contributed by atoms with Gasteiger partial charge in [0.25, 0.3) is 0 Å². The summed E-state index contributed by atoms with van der Waals surface area (Å²) in [6.07, 6.45) is 2.27. The van der Waals surface area contributed by atoms with Crippen LogP contribution in [0.25, 0.3) is 10.1 Å². The van der Waals surface area contributed by atoms with Crippen LogP contribution in [0, 0.1) is 5.82 Å². The van der Waals surface area contributed by atoms with Gasteiger partial charge >= 0.3 is 0 Å². The minimum absolute atomic E-state index is 0.155. The van der Waals surface area contributed by atoms with Crippen LogP contribution in [-0.2, 0) is 0 Å². The molecule has 1 fully saturated rings. The third-order valence-corrected chi connectivity index (χ3v) is 5.76. The van der Waals surface area contributed by atoms with Crippen LogP contribution in [0.5, 0.6) is 0 Å². The minimum atomic E-state index is -0.155. The smallest absolute Gasteiger partial charge is 0.124 e. The van der Waals surface area contributed by atoms with E-state index in [0.29, 0.717) is 12.1 Å². The lowest BCUT2D eigenvalue weighted by Crippen LogP contribution is -2.57. The van der Waals surface area contributed by atoms with Gasteiger partial charge in [0.1, 0.15) is 5.82 Å². The van der Waals surface area contributed by atoms with Crippen molar-refractivity contribution < 1.29 is 4.39 Å². The van der Waals surface area contributed by atoms with E-state index in [0.717, 1.165) is 37.3 Å². The standard InChI is InChI=1S/C18H26FN3S/c1-13-10-21(11-14(2)22(13)8-4-3-7-20)17-12-23-18-9-15(19)5-6-16(17)18/h5-6,9,12-14H,3-4,7-8,10-11,20H2,1-2H3/t13-,14+. The van der Waals surface area contributed by atoms with Crippen LogP contribution in [0.4, 0.5) is 10.1 Å². The molecule has 126 valence electrons. The van der Waals surface area contributed by atoms with E-state index in [1.54, 1.807) is 23.5 Å². The fourth-order valence-corrected chi connectivity index (χ4v) is 4.66. The maximum absolute atomic E-state index is 13.4. The van der Waals surface area contributed by atoms with Crippen LogP contribution in [-0.4, -0.2) is 43.2 Å². The van der Waals surface area contributed by atoms with Gasteiger partial charge in [-0.2, -0.15) is 0 Å². The van der Waals surface area contributed by atoms with Crippen LogP contribution in [0.3, 0.4) is 0 Å². The van der Waals surface area contributed by atoms with Crippen molar-refractivity contribution in [2.45, 2.75) is 38.8 Å². The van der Waals surface area contributed by atoms with Gasteiger partial charge in [-0.3, -0.25) is 4.90 Å². The highest BCUT2D eigenvalue weighted by atomic mass is 32.1. The van der Waals surface area contributed by atoms with Gasteiger partial charge in [0, 0.05) is 40.6 Å². The first-order chi connectivity index (χ1) is 11.1. The fraction of sp³-hybridized carbons (Fsp3) is 0.556. The van der Waals surface area contributed by atoms with Gasteiger partial charge in [-0.25, -0.2) is 4.39 Å². The molecule has 0 saturated carbocycles. The quantitative estimate of drug-likeness (QED) is 0.846. The second-order valence-corrected chi connectivity index (χ2v) is 7.51. The summed E-state index contributed by atoms with van der Waals surface area (Å²) >= 11 is 1.63. The molecule has 0 unspecified atom stereocenters. The monoisotopic (exact) mass is 335 g/mol. The molecule has 0 bridgehead atoms. The zero-order valence-electron chi connectivity index (χ0n) is 14.0. The fourth-order valence-electron chi connectivity index (χ4n) is 3.67. The number of halogens is 1. The van der Waals surface area contributed by atoms with Gasteiger partial charge in [0.2, 0.25) is 0 Å². The van der Waals surface area contributed by atoms with Gasteiger partial charge in [0.15, 0.2) is 0 Å². The van der Waals surface area contributed by atoms with E-state index >= 15 is 0 Å². The van der Waals surface area contributed by atoms with Crippen molar-refractivity contribution in [3.63, 3.8) is 0 Å².